The van der Waals surface area contributed by atoms with Crippen molar-refractivity contribution in [3.8, 4) is 5.88 Å². The van der Waals surface area contributed by atoms with Gasteiger partial charge in [-0.3, -0.25) is 0 Å². The van der Waals surface area contributed by atoms with E-state index in [1.807, 2.05) is 6.92 Å². The molecule has 0 aromatic carbocycles. The van der Waals surface area contributed by atoms with Gasteiger partial charge in [-0.2, -0.15) is 0 Å². The Morgan fingerprint density at radius 1 is 1.33 bits per heavy atom. The van der Waals surface area contributed by atoms with Crippen molar-refractivity contribution in [1.29, 1.82) is 0 Å². The number of rotatable bonds is 1. The van der Waals surface area contributed by atoms with Crippen LogP contribution in [-0.2, 0) is 0 Å². The third-order valence-electron chi connectivity index (χ3n) is 1.31. The lowest BCUT2D eigenvalue weighted by Gasteiger charge is -2.00. The van der Waals surface area contributed by atoms with Crippen molar-refractivity contribution >= 4 is 30.5 Å². The second-order valence-electron chi connectivity index (χ2n) is 2.03. The summed E-state index contributed by atoms with van der Waals surface area (Å²) >= 11 is 0. The Balaban J connectivity index is 0. The minimum Gasteiger partial charge on any atom is -0.481 e. The molecule has 12 heavy (non-hydrogen) atoms. The van der Waals surface area contributed by atoms with Gasteiger partial charge in [0, 0.05) is 6.07 Å². The lowest BCUT2D eigenvalue weighted by Crippen LogP contribution is -1.94. The molecule has 3 nitrogen and oxygen atoms in total. The topological polar surface area (TPSA) is 48.1 Å². The number of hydrogen-bond acceptors (Lipinski definition) is 3. The van der Waals surface area contributed by atoms with Crippen molar-refractivity contribution in [3.05, 3.63) is 17.8 Å². The summed E-state index contributed by atoms with van der Waals surface area (Å²) in [5, 5.41) is 0. The SMILES string of the molecule is COc1ccc(N)c(C)n1.Cl.Cl. The van der Waals surface area contributed by atoms with Crippen molar-refractivity contribution in [2.45, 2.75) is 6.92 Å². The van der Waals surface area contributed by atoms with Crippen LogP contribution in [0.15, 0.2) is 12.1 Å². The van der Waals surface area contributed by atoms with E-state index in [0.29, 0.717) is 11.6 Å². The molecule has 0 saturated carbocycles. The molecule has 0 atom stereocenters. The molecule has 0 radical (unpaired) electrons. The third-order valence-corrected chi connectivity index (χ3v) is 1.31. The third kappa shape index (κ3) is 3.15. The van der Waals surface area contributed by atoms with E-state index in [9.17, 15) is 0 Å². The number of anilines is 1. The summed E-state index contributed by atoms with van der Waals surface area (Å²) in [6, 6.07) is 3.52. The van der Waals surface area contributed by atoms with E-state index < -0.39 is 0 Å². The van der Waals surface area contributed by atoms with Gasteiger partial charge in [0.05, 0.1) is 18.5 Å². The average molecular weight is 211 g/mol. The number of pyridine rings is 1. The fraction of sp³-hybridized carbons (Fsp3) is 0.286. The minimum absolute atomic E-state index is 0. The van der Waals surface area contributed by atoms with Crippen molar-refractivity contribution in [1.82, 2.24) is 4.98 Å². The van der Waals surface area contributed by atoms with E-state index in [1.54, 1.807) is 19.2 Å². The summed E-state index contributed by atoms with van der Waals surface area (Å²) in [6.45, 7) is 1.85. The van der Waals surface area contributed by atoms with Gasteiger partial charge in [-0.05, 0) is 13.0 Å². The van der Waals surface area contributed by atoms with Crippen LogP contribution in [0.3, 0.4) is 0 Å². The second-order valence-corrected chi connectivity index (χ2v) is 2.03. The number of hydrogen-bond donors (Lipinski definition) is 1. The van der Waals surface area contributed by atoms with E-state index in [2.05, 4.69) is 4.98 Å². The number of nitrogens with two attached hydrogens (primary N) is 1. The molecule has 0 aliphatic carbocycles. The Kier molecular flexibility index (Phi) is 6.85. The van der Waals surface area contributed by atoms with Crippen LogP contribution < -0.4 is 10.5 Å². The summed E-state index contributed by atoms with van der Waals surface area (Å²) in [6.07, 6.45) is 0. The van der Waals surface area contributed by atoms with E-state index in [1.165, 1.54) is 0 Å². The van der Waals surface area contributed by atoms with Crippen LogP contribution in [0.4, 0.5) is 5.69 Å². The van der Waals surface area contributed by atoms with Crippen LogP contribution in [0.2, 0.25) is 0 Å². The molecule has 1 rings (SSSR count). The lowest BCUT2D eigenvalue weighted by atomic mass is 10.3. The number of aryl methyl sites for hydroxylation is 1. The standard InChI is InChI=1S/C7H10N2O.2ClH/c1-5-6(8)3-4-7(9-5)10-2;;/h3-4H,8H2,1-2H3;2*1H. The van der Waals surface area contributed by atoms with E-state index in [-0.39, 0.29) is 24.8 Å². The van der Waals surface area contributed by atoms with Crippen molar-refractivity contribution < 1.29 is 4.74 Å². The number of ether oxygens (including phenoxy) is 1. The van der Waals surface area contributed by atoms with E-state index in [0.717, 1.165) is 5.69 Å². The van der Waals surface area contributed by atoms with Gasteiger partial charge in [0.25, 0.3) is 0 Å². The smallest absolute Gasteiger partial charge is 0.213 e. The summed E-state index contributed by atoms with van der Waals surface area (Å²) in [4.78, 5) is 4.04. The van der Waals surface area contributed by atoms with E-state index >= 15 is 0 Å². The number of halogens is 2. The Morgan fingerprint density at radius 2 is 1.92 bits per heavy atom. The fourth-order valence-corrected chi connectivity index (χ4v) is 0.662. The molecule has 0 bridgehead atoms. The molecule has 1 aromatic rings. The first kappa shape index (κ1) is 13.9. The van der Waals surface area contributed by atoms with Gasteiger partial charge in [0.2, 0.25) is 5.88 Å². The molecule has 70 valence electrons. The maximum absolute atomic E-state index is 5.53. The van der Waals surface area contributed by atoms with Crippen LogP contribution >= 0.6 is 24.8 Å². The molecule has 2 N–H and O–H groups in total. The molecule has 0 spiro atoms. The molecule has 0 fully saturated rings. The molecule has 0 amide bonds. The van der Waals surface area contributed by atoms with Crippen LogP contribution in [-0.4, -0.2) is 12.1 Å². The van der Waals surface area contributed by atoms with Crippen molar-refractivity contribution in [3.63, 3.8) is 0 Å². The molecule has 0 saturated heterocycles. The number of nitrogens with zero attached hydrogens (tertiary/aromatic N) is 1. The zero-order valence-electron chi connectivity index (χ0n) is 6.90. The van der Waals surface area contributed by atoms with Gasteiger partial charge < -0.3 is 10.5 Å². The van der Waals surface area contributed by atoms with Crippen molar-refractivity contribution in [2.75, 3.05) is 12.8 Å². The first-order valence-corrected chi connectivity index (χ1v) is 3.01. The highest BCUT2D eigenvalue weighted by atomic mass is 35.5. The molecule has 1 heterocycles. The first-order chi connectivity index (χ1) is 4.74. The van der Waals surface area contributed by atoms with Gasteiger partial charge in [0.1, 0.15) is 0 Å². The van der Waals surface area contributed by atoms with E-state index in [4.69, 9.17) is 10.5 Å². The maximum Gasteiger partial charge on any atom is 0.213 e. The van der Waals surface area contributed by atoms with Gasteiger partial charge in [-0.1, -0.05) is 0 Å². The summed E-state index contributed by atoms with van der Waals surface area (Å²) in [7, 11) is 1.58. The molecule has 0 aliphatic rings. The Morgan fingerprint density at radius 3 is 2.33 bits per heavy atom. The molecular formula is C7H12Cl2N2O. The van der Waals surface area contributed by atoms with Crippen LogP contribution in [0.25, 0.3) is 0 Å². The van der Waals surface area contributed by atoms with Crippen LogP contribution in [0.1, 0.15) is 5.69 Å². The average Bonchev–Trinajstić information content (AvgIpc) is 1.95. The van der Waals surface area contributed by atoms with Crippen molar-refractivity contribution in [2.24, 2.45) is 0 Å². The zero-order valence-corrected chi connectivity index (χ0v) is 8.54. The number of aromatic nitrogens is 1. The number of nitrogen functional groups attached to an aromatic ring is 1. The lowest BCUT2D eigenvalue weighted by molar-refractivity contribution is 0.397. The summed E-state index contributed by atoms with van der Waals surface area (Å²) in [5.74, 6) is 0.603. The Labute approximate surface area is 84.1 Å². The highest BCUT2D eigenvalue weighted by Gasteiger charge is 1.95. The predicted octanol–water partition coefficient (Wildman–Crippen LogP) is 1.82. The fourth-order valence-electron chi connectivity index (χ4n) is 0.662. The second kappa shape index (κ2) is 5.91. The number of methoxy groups -OCH3 is 1. The van der Waals surface area contributed by atoms with Gasteiger partial charge in [-0.15, -0.1) is 24.8 Å². The monoisotopic (exact) mass is 210 g/mol. The highest BCUT2D eigenvalue weighted by Crippen LogP contribution is 2.12. The molecular weight excluding hydrogens is 199 g/mol. The summed E-state index contributed by atoms with van der Waals surface area (Å²) < 4.78 is 4.88. The van der Waals surface area contributed by atoms with Gasteiger partial charge in [0.15, 0.2) is 0 Å². The largest absolute Gasteiger partial charge is 0.481 e. The Bertz CT molecular complexity index is 243. The normalized spacial score (nSPS) is 7.83. The van der Waals surface area contributed by atoms with Crippen LogP contribution in [0, 0.1) is 6.92 Å². The van der Waals surface area contributed by atoms with Crippen LogP contribution in [0.5, 0.6) is 5.88 Å². The molecule has 5 heteroatoms. The predicted molar refractivity (Wildman–Crippen MR) is 54.4 cm³/mol. The first-order valence-electron chi connectivity index (χ1n) is 3.01. The maximum atomic E-state index is 5.53. The molecule has 1 aromatic heterocycles. The minimum atomic E-state index is 0. The Hall–Kier alpha value is -0.670. The van der Waals surface area contributed by atoms with Gasteiger partial charge in [-0.25, -0.2) is 4.98 Å². The zero-order chi connectivity index (χ0) is 7.56. The summed E-state index contributed by atoms with van der Waals surface area (Å²) in [5.41, 5.74) is 7.03. The quantitative estimate of drug-likeness (QED) is 0.770. The molecule has 0 aliphatic heterocycles. The molecule has 0 unspecified atom stereocenters. The van der Waals surface area contributed by atoms with Gasteiger partial charge >= 0.3 is 0 Å². The highest BCUT2D eigenvalue weighted by molar-refractivity contribution is 5.85.